The molecule has 0 spiro atoms. The summed E-state index contributed by atoms with van der Waals surface area (Å²) in [4.78, 5) is 55.1. The number of carbonyl (C=O) groups excluding carboxylic acids is 4. The second kappa shape index (κ2) is 10.6. The summed E-state index contributed by atoms with van der Waals surface area (Å²) in [6, 6.07) is 0. The van der Waals surface area contributed by atoms with E-state index in [9.17, 15) is 19.2 Å². The van der Waals surface area contributed by atoms with E-state index in [-0.39, 0.29) is 17.2 Å². The van der Waals surface area contributed by atoms with Crippen LogP contribution in [0.1, 0.15) is 33.6 Å². The van der Waals surface area contributed by atoms with Crippen molar-refractivity contribution in [2.75, 3.05) is 34.4 Å². The molecule has 2 atom stereocenters. The molecule has 1 aliphatic heterocycles. The summed E-state index contributed by atoms with van der Waals surface area (Å²) in [5.74, 6) is -5.23. The van der Waals surface area contributed by atoms with Crippen molar-refractivity contribution in [2.24, 2.45) is 16.8 Å². The minimum atomic E-state index is -1.30. The number of amides is 1. The van der Waals surface area contributed by atoms with Gasteiger partial charge in [-0.15, -0.1) is 0 Å². The lowest BCUT2D eigenvalue weighted by atomic mass is 9.80. The molecule has 0 aliphatic carbocycles. The quantitative estimate of drug-likeness (QED) is 0.446. The van der Waals surface area contributed by atoms with Gasteiger partial charge in [-0.05, 0) is 20.3 Å². The number of nitrogens with zero attached hydrogens (tertiary/aromatic N) is 2. The molecule has 0 aromatic carbocycles. The molecule has 0 aromatic heterocycles. The molecule has 0 aromatic rings. The fraction of sp³-hybridized carbons (Fsp3) is 0.632. The first kappa shape index (κ1) is 23.3. The number of likely N-dealkylation sites (N-methyl/N-ethyl adjacent to an activating group) is 1. The number of rotatable bonds is 8. The molecule has 1 amide bonds. The van der Waals surface area contributed by atoms with Crippen molar-refractivity contribution in [1.29, 1.82) is 0 Å². The first-order valence-electron chi connectivity index (χ1n) is 9.02. The van der Waals surface area contributed by atoms with Crippen LogP contribution < -0.4 is 0 Å². The molecular formula is C19H28N2O7. The maximum Gasteiger partial charge on any atom is 0.336 e. The van der Waals surface area contributed by atoms with Crippen molar-refractivity contribution in [2.45, 2.75) is 33.6 Å². The lowest BCUT2D eigenvalue weighted by Gasteiger charge is -2.29. The zero-order valence-electron chi connectivity index (χ0n) is 17.2. The van der Waals surface area contributed by atoms with Gasteiger partial charge in [0.15, 0.2) is 6.61 Å². The summed E-state index contributed by atoms with van der Waals surface area (Å²) in [6.45, 7) is 5.14. The monoisotopic (exact) mass is 396 g/mol. The Morgan fingerprint density at radius 1 is 1.04 bits per heavy atom. The topological polar surface area (TPSA) is 112 Å². The lowest BCUT2D eigenvalue weighted by Crippen LogP contribution is -2.43. The summed E-state index contributed by atoms with van der Waals surface area (Å²) < 4.78 is 14.7. The molecule has 1 rings (SSSR count). The highest BCUT2D eigenvalue weighted by molar-refractivity contribution is 6.10. The number of unbranched alkanes of at least 4 members (excludes halogenated alkanes) is 1. The van der Waals surface area contributed by atoms with Gasteiger partial charge in [0.2, 0.25) is 0 Å². The number of carbonyl (C=O) groups is 4. The Balaban J connectivity index is 3.10. The van der Waals surface area contributed by atoms with Gasteiger partial charge in [-0.2, -0.15) is 0 Å². The molecule has 1 heterocycles. The molecule has 1 aliphatic rings. The summed E-state index contributed by atoms with van der Waals surface area (Å²) in [5, 5.41) is 0. The van der Waals surface area contributed by atoms with Crippen molar-refractivity contribution < 1.29 is 33.4 Å². The van der Waals surface area contributed by atoms with Crippen molar-refractivity contribution in [1.82, 2.24) is 4.90 Å². The van der Waals surface area contributed by atoms with Gasteiger partial charge in [-0.25, -0.2) is 4.79 Å². The van der Waals surface area contributed by atoms with E-state index in [1.165, 1.54) is 18.9 Å². The average Bonchev–Trinajstić information content (AvgIpc) is 2.67. The minimum Gasteiger partial charge on any atom is -0.468 e. The molecule has 9 nitrogen and oxygen atoms in total. The van der Waals surface area contributed by atoms with Crippen LogP contribution in [0.3, 0.4) is 0 Å². The van der Waals surface area contributed by atoms with E-state index < -0.39 is 36.4 Å². The zero-order valence-corrected chi connectivity index (χ0v) is 17.2. The van der Waals surface area contributed by atoms with Crippen LogP contribution in [0.4, 0.5) is 0 Å². The van der Waals surface area contributed by atoms with Crippen LogP contribution in [0.15, 0.2) is 16.3 Å². The predicted octanol–water partition coefficient (Wildman–Crippen LogP) is 1.11. The van der Waals surface area contributed by atoms with E-state index in [1.807, 2.05) is 6.92 Å². The van der Waals surface area contributed by atoms with Gasteiger partial charge in [-0.1, -0.05) is 13.3 Å². The molecule has 0 fully saturated rings. The average molecular weight is 396 g/mol. The van der Waals surface area contributed by atoms with Crippen LogP contribution in [0.5, 0.6) is 0 Å². The highest BCUT2D eigenvalue weighted by Crippen LogP contribution is 2.33. The molecule has 0 saturated heterocycles. The van der Waals surface area contributed by atoms with Crippen molar-refractivity contribution in [3.05, 3.63) is 11.3 Å². The highest BCUT2D eigenvalue weighted by atomic mass is 16.5. The van der Waals surface area contributed by atoms with Gasteiger partial charge < -0.3 is 19.1 Å². The second-order valence-corrected chi connectivity index (χ2v) is 6.50. The van der Waals surface area contributed by atoms with Gasteiger partial charge in [0.25, 0.3) is 5.91 Å². The number of ether oxygens (including phenoxy) is 3. The standard InChI is InChI=1S/C19H28N2O7/c1-7-8-9-21(4)13(22)10-28-19(25)16-14(17(23)26-5)11(2)20-12(3)15(16)18(24)27-6/h14,16H,7-10H2,1-6H3/t14?,16-/m0/s1. The lowest BCUT2D eigenvalue weighted by molar-refractivity contribution is -0.159. The number of allylic oxidation sites excluding steroid dienone is 1. The van der Waals surface area contributed by atoms with E-state index in [2.05, 4.69) is 4.99 Å². The Hall–Kier alpha value is -2.71. The first-order valence-corrected chi connectivity index (χ1v) is 9.02. The van der Waals surface area contributed by atoms with Crippen LogP contribution in [0.2, 0.25) is 0 Å². The van der Waals surface area contributed by atoms with Gasteiger partial charge in [0.1, 0.15) is 11.8 Å². The fourth-order valence-corrected chi connectivity index (χ4v) is 2.95. The Morgan fingerprint density at radius 3 is 2.21 bits per heavy atom. The number of hydrogen-bond acceptors (Lipinski definition) is 8. The summed E-state index contributed by atoms with van der Waals surface area (Å²) in [6.07, 6.45) is 1.75. The highest BCUT2D eigenvalue weighted by Gasteiger charge is 2.46. The van der Waals surface area contributed by atoms with Crippen molar-refractivity contribution in [3.8, 4) is 0 Å². The Bertz CT molecular complexity index is 696. The predicted molar refractivity (Wildman–Crippen MR) is 100 cm³/mol. The second-order valence-electron chi connectivity index (χ2n) is 6.50. The van der Waals surface area contributed by atoms with Crippen LogP contribution in [0.25, 0.3) is 0 Å². The summed E-state index contributed by atoms with van der Waals surface area (Å²) in [7, 11) is 3.95. The first-order chi connectivity index (χ1) is 13.2. The molecule has 1 unspecified atom stereocenters. The van der Waals surface area contributed by atoms with Crippen LogP contribution in [0, 0.1) is 11.8 Å². The third-order valence-corrected chi connectivity index (χ3v) is 4.55. The smallest absolute Gasteiger partial charge is 0.336 e. The summed E-state index contributed by atoms with van der Waals surface area (Å²) >= 11 is 0. The van der Waals surface area contributed by atoms with Crippen molar-refractivity contribution >= 4 is 29.5 Å². The SMILES string of the molecule is CCCCN(C)C(=O)COC(=O)[C@@H]1C(C(=O)OC)=C(C)N=C(C)C1C(=O)OC. The molecular weight excluding hydrogens is 368 g/mol. The molecule has 28 heavy (non-hydrogen) atoms. The van der Waals surface area contributed by atoms with E-state index in [4.69, 9.17) is 14.2 Å². The van der Waals surface area contributed by atoms with Crippen molar-refractivity contribution in [3.63, 3.8) is 0 Å². The van der Waals surface area contributed by atoms with Gasteiger partial charge in [0.05, 0.1) is 19.8 Å². The van der Waals surface area contributed by atoms with E-state index in [0.717, 1.165) is 20.0 Å². The maximum absolute atomic E-state index is 12.8. The van der Waals surface area contributed by atoms with Crippen LogP contribution >= 0.6 is 0 Å². The number of hydrogen-bond donors (Lipinski definition) is 0. The molecule has 9 heteroatoms. The Morgan fingerprint density at radius 2 is 1.68 bits per heavy atom. The Kier molecular flexibility index (Phi) is 8.81. The number of esters is 3. The summed E-state index contributed by atoms with van der Waals surface area (Å²) in [5.41, 5.74) is 0.475. The van der Waals surface area contributed by atoms with E-state index in [1.54, 1.807) is 14.0 Å². The Labute approximate surface area is 164 Å². The van der Waals surface area contributed by atoms with E-state index in [0.29, 0.717) is 12.3 Å². The normalized spacial score (nSPS) is 18.9. The van der Waals surface area contributed by atoms with Gasteiger partial charge in [0, 0.05) is 25.0 Å². The number of aliphatic imine (C=N–C) groups is 1. The fourth-order valence-electron chi connectivity index (χ4n) is 2.95. The third-order valence-electron chi connectivity index (χ3n) is 4.55. The maximum atomic E-state index is 12.8. The van der Waals surface area contributed by atoms with Gasteiger partial charge >= 0.3 is 17.9 Å². The largest absolute Gasteiger partial charge is 0.468 e. The van der Waals surface area contributed by atoms with Crippen LogP contribution in [-0.2, 0) is 33.4 Å². The molecule has 156 valence electrons. The molecule has 0 N–H and O–H groups in total. The van der Waals surface area contributed by atoms with E-state index >= 15 is 0 Å². The molecule has 0 bridgehead atoms. The van der Waals surface area contributed by atoms with Crippen LogP contribution in [-0.4, -0.2) is 68.8 Å². The zero-order chi connectivity index (χ0) is 21.4. The van der Waals surface area contributed by atoms with Gasteiger partial charge in [-0.3, -0.25) is 19.4 Å². The minimum absolute atomic E-state index is 0.0831. The molecule has 0 saturated carbocycles. The molecule has 0 radical (unpaired) electrons. The third kappa shape index (κ3) is 5.40. The number of methoxy groups -OCH3 is 2.